The van der Waals surface area contributed by atoms with Crippen molar-refractivity contribution >= 4 is 11.5 Å². The van der Waals surface area contributed by atoms with Crippen LogP contribution in [0.2, 0.25) is 0 Å². The Morgan fingerprint density at radius 2 is 1.85 bits per heavy atom. The maximum Gasteiger partial charge on any atom is 0.164 e. The molecule has 1 aliphatic heterocycles. The molecule has 2 aromatic carbocycles. The van der Waals surface area contributed by atoms with E-state index in [9.17, 15) is 14.3 Å². The van der Waals surface area contributed by atoms with E-state index in [2.05, 4.69) is 4.90 Å². The van der Waals surface area contributed by atoms with Gasteiger partial charge in [0, 0.05) is 30.8 Å². The summed E-state index contributed by atoms with van der Waals surface area (Å²) < 4.78 is 13.1. The van der Waals surface area contributed by atoms with Gasteiger partial charge in [0.15, 0.2) is 5.78 Å². The van der Waals surface area contributed by atoms with Gasteiger partial charge in [-0.2, -0.15) is 0 Å². The predicted molar refractivity (Wildman–Crippen MR) is 105 cm³/mol. The van der Waals surface area contributed by atoms with Crippen LogP contribution in [0.5, 0.6) is 0 Å². The number of nitrogens with zero attached hydrogens (tertiary/aromatic N) is 1. The van der Waals surface area contributed by atoms with E-state index in [0.29, 0.717) is 24.8 Å². The molecule has 0 aliphatic carbocycles. The molecule has 1 heterocycles. The van der Waals surface area contributed by atoms with Crippen LogP contribution in [0, 0.1) is 12.7 Å². The minimum absolute atomic E-state index is 0.0549. The zero-order valence-electron chi connectivity index (χ0n) is 15.7. The number of nitrogens with two attached hydrogens (primary N) is 1. The number of hydrogen-bond acceptors (Lipinski definition) is 4. The fraction of sp³-hybridized carbons (Fsp3) is 0.409. The van der Waals surface area contributed by atoms with Gasteiger partial charge >= 0.3 is 0 Å². The number of ketones is 1. The molecule has 3 rings (SSSR count). The van der Waals surface area contributed by atoms with Crippen molar-refractivity contribution in [3.63, 3.8) is 0 Å². The first-order valence-corrected chi connectivity index (χ1v) is 9.47. The lowest BCUT2D eigenvalue weighted by molar-refractivity contribution is -0.0260. The third kappa shape index (κ3) is 4.73. The van der Waals surface area contributed by atoms with Gasteiger partial charge in [-0.1, -0.05) is 29.8 Å². The maximum absolute atomic E-state index is 13.1. The number of aliphatic hydroxyl groups is 1. The van der Waals surface area contributed by atoms with Crippen LogP contribution in [0.15, 0.2) is 42.5 Å². The number of nitrogen functional groups attached to an aromatic ring is 1. The average molecular weight is 370 g/mol. The highest BCUT2D eigenvalue weighted by molar-refractivity contribution is 6.00. The van der Waals surface area contributed by atoms with Crippen LogP contribution >= 0.6 is 0 Å². The summed E-state index contributed by atoms with van der Waals surface area (Å²) in [7, 11) is 0. The first kappa shape index (κ1) is 19.5. The molecule has 0 aromatic heterocycles. The van der Waals surface area contributed by atoms with Crippen molar-refractivity contribution in [1.29, 1.82) is 0 Å². The Morgan fingerprint density at radius 3 is 2.48 bits per heavy atom. The predicted octanol–water partition coefficient (Wildman–Crippen LogP) is 3.66. The number of likely N-dealkylation sites (tertiary alicyclic amines) is 1. The van der Waals surface area contributed by atoms with Crippen LogP contribution in [0.25, 0.3) is 0 Å². The Kier molecular flexibility index (Phi) is 5.92. The lowest BCUT2D eigenvalue weighted by Gasteiger charge is -2.38. The van der Waals surface area contributed by atoms with Crippen LogP contribution in [-0.2, 0) is 5.60 Å². The number of carbonyl (C=O) groups excluding carboxylic acids is 1. The Labute approximate surface area is 159 Å². The number of piperidine rings is 1. The second kappa shape index (κ2) is 8.19. The van der Waals surface area contributed by atoms with Crippen molar-refractivity contribution in [2.45, 2.75) is 38.2 Å². The van der Waals surface area contributed by atoms with Gasteiger partial charge < -0.3 is 15.7 Å². The number of rotatable bonds is 6. The summed E-state index contributed by atoms with van der Waals surface area (Å²) in [5.74, 6) is -0.487. The van der Waals surface area contributed by atoms with Crippen molar-refractivity contribution in [3.05, 3.63) is 65.0 Å². The molecule has 1 fully saturated rings. The van der Waals surface area contributed by atoms with E-state index in [1.807, 2.05) is 31.2 Å². The van der Waals surface area contributed by atoms with Crippen molar-refractivity contribution in [2.24, 2.45) is 0 Å². The molecule has 1 saturated heterocycles. The van der Waals surface area contributed by atoms with Gasteiger partial charge in [0.25, 0.3) is 0 Å². The lowest BCUT2D eigenvalue weighted by Crippen LogP contribution is -2.42. The summed E-state index contributed by atoms with van der Waals surface area (Å²) in [5.41, 5.74) is 7.73. The molecule has 1 aliphatic rings. The monoisotopic (exact) mass is 370 g/mol. The summed E-state index contributed by atoms with van der Waals surface area (Å²) >= 11 is 0. The average Bonchev–Trinajstić information content (AvgIpc) is 2.64. The lowest BCUT2D eigenvalue weighted by atomic mass is 9.84. The Balaban J connectivity index is 1.47. The smallest absolute Gasteiger partial charge is 0.164 e. The number of anilines is 1. The molecule has 0 radical (unpaired) electrons. The van der Waals surface area contributed by atoms with E-state index >= 15 is 0 Å². The molecule has 3 N–H and O–H groups in total. The van der Waals surface area contributed by atoms with Gasteiger partial charge in [0.05, 0.1) is 5.60 Å². The molecular weight excluding hydrogens is 343 g/mol. The van der Waals surface area contributed by atoms with E-state index < -0.39 is 11.4 Å². The molecular formula is C22H27FN2O2. The number of Topliss-reactive ketones (excluding diaryl/α,β-unsaturated/α-hetero) is 1. The highest BCUT2D eigenvalue weighted by Crippen LogP contribution is 2.33. The fourth-order valence-electron chi connectivity index (χ4n) is 3.68. The summed E-state index contributed by atoms with van der Waals surface area (Å²) in [6.07, 6.45) is 2.48. The van der Waals surface area contributed by atoms with Gasteiger partial charge in [-0.3, -0.25) is 4.79 Å². The fourth-order valence-corrected chi connectivity index (χ4v) is 3.68. The van der Waals surface area contributed by atoms with Crippen LogP contribution in [0.4, 0.5) is 10.1 Å². The summed E-state index contributed by atoms with van der Waals surface area (Å²) in [5, 5.41) is 10.9. The minimum atomic E-state index is -0.761. The largest absolute Gasteiger partial charge is 0.398 e. The summed E-state index contributed by atoms with van der Waals surface area (Å²) in [4.78, 5) is 14.6. The zero-order valence-corrected chi connectivity index (χ0v) is 15.7. The first-order chi connectivity index (χ1) is 12.9. The normalized spacial score (nSPS) is 17.0. The van der Waals surface area contributed by atoms with Crippen molar-refractivity contribution in [3.8, 4) is 0 Å². The van der Waals surface area contributed by atoms with Crippen LogP contribution in [0.1, 0.15) is 47.2 Å². The topological polar surface area (TPSA) is 66.6 Å². The van der Waals surface area contributed by atoms with Crippen LogP contribution in [-0.4, -0.2) is 35.4 Å². The highest BCUT2D eigenvalue weighted by atomic mass is 19.1. The number of benzene rings is 2. The van der Waals surface area contributed by atoms with Crippen molar-refractivity contribution < 1.29 is 14.3 Å². The molecule has 0 unspecified atom stereocenters. The Morgan fingerprint density at radius 1 is 1.19 bits per heavy atom. The van der Waals surface area contributed by atoms with Gasteiger partial charge in [0.2, 0.25) is 0 Å². The van der Waals surface area contributed by atoms with E-state index in [-0.39, 0.29) is 11.5 Å². The van der Waals surface area contributed by atoms with Gasteiger partial charge in [-0.15, -0.1) is 0 Å². The van der Waals surface area contributed by atoms with Gasteiger partial charge in [-0.25, -0.2) is 4.39 Å². The van der Waals surface area contributed by atoms with E-state index in [1.165, 1.54) is 23.8 Å². The zero-order chi connectivity index (χ0) is 19.4. The molecule has 144 valence electrons. The van der Waals surface area contributed by atoms with Crippen molar-refractivity contribution in [2.75, 3.05) is 25.4 Å². The number of hydrogen-bond donors (Lipinski definition) is 2. The quantitative estimate of drug-likeness (QED) is 0.602. The third-order valence-electron chi connectivity index (χ3n) is 5.46. The standard InChI is InChI=1S/C22H27FN2O2/c1-16-4-6-17(7-5-16)22(27)10-13-25(14-11-22)12-2-3-21(26)19-9-8-18(23)15-20(19)24/h4-9,15,27H,2-3,10-14,24H2,1H3. The van der Waals surface area contributed by atoms with E-state index in [1.54, 1.807) is 0 Å². The summed E-state index contributed by atoms with van der Waals surface area (Å²) in [6, 6.07) is 12.0. The highest BCUT2D eigenvalue weighted by Gasteiger charge is 2.33. The van der Waals surface area contributed by atoms with Gasteiger partial charge in [-0.05, 0) is 56.5 Å². The number of halogens is 1. The van der Waals surface area contributed by atoms with E-state index in [4.69, 9.17) is 5.73 Å². The Bertz CT molecular complexity index is 796. The maximum atomic E-state index is 13.1. The minimum Gasteiger partial charge on any atom is -0.398 e. The molecule has 0 bridgehead atoms. The molecule has 4 nitrogen and oxygen atoms in total. The van der Waals surface area contributed by atoms with Gasteiger partial charge in [0.1, 0.15) is 5.82 Å². The molecule has 0 amide bonds. The Hall–Kier alpha value is -2.24. The first-order valence-electron chi connectivity index (χ1n) is 9.47. The molecule has 2 aromatic rings. The molecule has 0 saturated carbocycles. The molecule has 5 heteroatoms. The molecule has 0 spiro atoms. The molecule has 27 heavy (non-hydrogen) atoms. The third-order valence-corrected chi connectivity index (χ3v) is 5.46. The summed E-state index contributed by atoms with van der Waals surface area (Å²) in [6.45, 7) is 4.45. The van der Waals surface area contributed by atoms with E-state index in [0.717, 1.165) is 31.6 Å². The van der Waals surface area contributed by atoms with Crippen LogP contribution < -0.4 is 5.73 Å². The van der Waals surface area contributed by atoms with Crippen molar-refractivity contribution in [1.82, 2.24) is 4.90 Å². The second-order valence-corrected chi connectivity index (χ2v) is 7.50. The number of aryl methyl sites for hydroxylation is 1. The van der Waals surface area contributed by atoms with Crippen LogP contribution in [0.3, 0.4) is 0 Å². The second-order valence-electron chi connectivity index (χ2n) is 7.50. The molecule has 0 atom stereocenters. The number of carbonyl (C=O) groups is 1. The SMILES string of the molecule is Cc1ccc(C2(O)CCN(CCCC(=O)c3ccc(F)cc3N)CC2)cc1.